The van der Waals surface area contributed by atoms with Crippen LogP contribution in [0.4, 0.5) is 0 Å². The molecule has 6 nitrogen and oxygen atoms in total. The van der Waals surface area contributed by atoms with Crippen LogP contribution in [-0.4, -0.2) is 48.4 Å². The molecule has 0 spiro atoms. The highest BCUT2D eigenvalue weighted by Crippen LogP contribution is 2.27. The van der Waals surface area contributed by atoms with Gasteiger partial charge in [0.15, 0.2) is 5.96 Å². The summed E-state index contributed by atoms with van der Waals surface area (Å²) in [5.74, 6) is 0.908. The molecule has 154 valence electrons. The third-order valence-electron chi connectivity index (χ3n) is 4.30. The summed E-state index contributed by atoms with van der Waals surface area (Å²) in [4.78, 5) is 24.9. The standard InChI is InChI=1S/C19H33N5OS.HI/c1-6-20-18(22-12-11-21-17(25)19(2,3)4)24(5)13-16-23-14-9-7-8-10-15(14)26-16;/h6-13H2,1-5H3,(H,20,22)(H,21,25);1H. The molecule has 1 heterocycles. The van der Waals surface area contributed by atoms with Gasteiger partial charge in [0.1, 0.15) is 5.01 Å². The van der Waals surface area contributed by atoms with Crippen molar-refractivity contribution in [3.05, 3.63) is 15.6 Å². The molecular formula is C19H34IN5OS. The van der Waals surface area contributed by atoms with Gasteiger partial charge in [-0.2, -0.15) is 0 Å². The number of hydrogen-bond acceptors (Lipinski definition) is 4. The highest BCUT2D eigenvalue weighted by molar-refractivity contribution is 14.0. The number of carbonyl (C=O) groups excluding carboxylic acids is 1. The number of aryl methyl sites for hydroxylation is 2. The fraction of sp³-hybridized carbons (Fsp3) is 0.737. The van der Waals surface area contributed by atoms with Crippen LogP contribution in [0.2, 0.25) is 0 Å². The van der Waals surface area contributed by atoms with Gasteiger partial charge in [-0.25, -0.2) is 4.98 Å². The number of carbonyl (C=O) groups is 1. The third kappa shape index (κ3) is 7.56. The van der Waals surface area contributed by atoms with E-state index >= 15 is 0 Å². The Morgan fingerprint density at radius 1 is 1.26 bits per heavy atom. The van der Waals surface area contributed by atoms with Gasteiger partial charge in [0.05, 0.1) is 18.8 Å². The first kappa shape index (κ1) is 24.1. The van der Waals surface area contributed by atoms with Crippen molar-refractivity contribution in [1.29, 1.82) is 0 Å². The largest absolute Gasteiger partial charge is 0.357 e. The van der Waals surface area contributed by atoms with Crippen LogP contribution < -0.4 is 10.6 Å². The van der Waals surface area contributed by atoms with Gasteiger partial charge in [-0.3, -0.25) is 9.79 Å². The van der Waals surface area contributed by atoms with Crippen LogP contribution in [0, 0.1) is 5.41 Å². The van der Waals surface area contributed by atoms with Crippen molar-refractivity contribution in [2.24, 2.45) is 10.4 Å². The number of hydrogen-bond donors (Lipinski definition) is 2. The topological polar surface area (TPSA) is 69.6 Å². The summed E-state index contributed by atoms with van der Waals surface area (Å²) in [6.45, 7) is 10.5. The van der Waals surface area contributed by atoms with E-state index in [4.69, 9.17) is 4.98 Å². The van der Waals surface area contributed by atoms with Gasteiger partial charge < -0.3 is 15.5 Å². The number of nitrogens with zero attached hydrogens (tertiary/aromatic N) is 3. The number of aliphatic imine (C=N–C) groups is 1. The van der Waals surface area contributed by atoms with Crippen LogP contribution >= 0.6 is 35.3 Å². The van der Waals surface area contributed by atoms with Gasteiger partial charge in [-0.15, -0.1) is 35.3 Å². The van der Waals surface area contributed by atoms with Crippen molar-refractivity contribution < 1.29 is 4.79 Å². The smallest absolute Gasteiger partial charge is 0.225 e. The predicted octanol–water partition coefficient (Wildman–Crippen LogP) is 3.20. The lowest BCUT2D eigenvalue weighted by molar-refractivity contribution is -0.128. The highest BCUT2D eigenvalue weighted by Gasteiger charge is 2.20. The van der Waals surface area contributed by atoms with Crippen molar-refractivity contribution in [2.45, 2.75) is 59.9 Å². The lowest BCUT2D eigenvalue weighted by Crippen LogP contribution is -2.40. The zero-order valence-corrected chi connectivity index (χ0v) is 20.4. The summed E-state index contributed by atoms with van der Waals surface area (Å²) in [6, 6.07) is 0. The summed E-state index contributed by atoms with van der Waals surface area (Å²) < 4.78 is 0. The number of halogens is 1. The lowest BCUT2D eigenvalue weighted by Gasteiger charge is -2.21. The van der Waals surface area contributed by atoms with E-state index in [1.165, 1.54) is 29.8 Å². The molecule has 0 fully saturated rings. The van der Waals surface area contributed by atoms with E-state index in [1.54, 1.807) is 0 Å². The second-order valence-corrected chi connectivity index (χ2v) is 8.95. The van der Waals surface area contributed by atoms with E-state index in [1.807, 2.05) is 39.2 Å². The minimum atomic E-state index is -0.366. The Bertz CT molecular complexity index is 615. The zero-order chi connectivity index (χ0) is 19.2. The van der Waals surface area contributed by atoms with Gasteiger partial charge in [0.25, 0.3) is 0 Å². The Balaban J connectivity index is 0.00000364. The average Bonchev–Trinajstić information content (AvgIpc) is 2.98. The van der Waals surface area contributed by atoms with Crippen molar-refractivity contribution >= 4 is 47.2 Å². The maximum atomic E-state index is 11.9. The SMILES string of the molecule is CCNC(=NCCNC(=O)C(C)(C)C)N(C)Cc1nc2c(s1)CCCC2.I. The minimum Gasteiger partial charge on any atom is -0.357 e. The molecule has 0 unspecified atom stereocenters. The average molecular weight is 507 g/mol. The number of thiazole rings is 1. The van der Waals surface area contributed by atoms with Gasteiger partial charge in [-0.1, -0.05) is 20.8 Å². The molecule has 0 radical (unpaired) electrons. The molecule has 1 aliphatic carbocycles. The summed E-state index contributed by atoms with van der Waals surface area (Å²) in [5.41, 5.74) is 0.936. The summed E-state index contributed by atoms with van der Waals surface area (Å²) in [6.07, 6.45) is 4.85. The molecule has 1 aliphatic rings. The Morgan fingerprint density at radius 3 is 2.59 bits per heavy atom. The molecule has 0 aliphatic heterocycles. The summed E-state index contributed by atoms with van der Waals surface area (Å²) in [7, 11) is 2.04. The van der Waals surface area contributed by atoms with E-state index < -0.39 is 0 Å². The van der Waals surface area contributed by atoms with Crippen molar-refractivity contribution in [3.63, 3.8) is 0 Å². The van der Waals surface area contributed by atoms with E-state index in [-0.39, 0.29) is 35.3 Å². The number of amides is 1. The van der Waals surface area contributed by atoms with Crippen LogP contribution in [-0.2, 0) is 24.2 Å². The monoisotopic (exact) mass is 507 g/mol. The fourth-order valence-corrected chi connectivity index (χ4v) is 4.03. The maximum absolute atomic E-state index is 11.9. The van der Waals surface area contributed by atoms with E-state index in [0.29, 0.717) is 13.1 Å². The Labute approximate surface area is 184 Å². The predicted molar refractivity (Wildman–Crippen MR) is 124 cm³/mol. The second kappa shape index (κ2) is 11.2. The minimum absolute atomic E-state index is 0. The van der Waals surface area contributed by atoms with Crippen LogP contribution in [0.15, 0.2) is 4.99 Å². The quantitative estimate of drug-likeness (QED) is 0.269. The highest BCUT2D eigenvalue weighted by atomic mass is 127. The molecule has 0 saturated carbocycles. The van der Waals surface area contributed by atoms with E-state index in [0.717, 1.165) is 30.5 Å². The molecule has 1 amide bonds. The normalized spacial score (nSPS) is 14.2. The van der Waals surface area contributed by atoms with Crippen molar-refractivity contribution in [1.82, 2.24) is 20.5 Å². The molecule has 27 heavy (non-hydrogen) atoms. The van der Waals surface area contributed by atoms with Gasteiger partial charge >= 0.3 is 0 Å². The van der Waals surface area contributed by atoms with Gasteiger partial charge in [0, 0.05) is 30.4 Å². The summed E-state index contributed by atoms with van der Waals surface area (Å²) in [5, 5.41) is 7.42. The zero-order valence-electron chi connectivity index (χ0n) is 17.2. The Morgan fingerprint density at radius 2 is 1.96 bits per heavy atom. The molecule has 2 N–H and O–H groups in total. The van der Waals surface area contributed by atoms with Gasteiger partial charge in [0.2, 0.25) is 5.91 Å². The lowest BCUT2D eigenvalue weighted by atomic mass is 9.96. The number of guanidine groups is 1. The van der Waals surface area contributed by atoms with E-state index in [9.17, 15) is 4.79 Å². The van der Waals surface area contributed by atoms with Crippen LogP contribution in [0.25, 0.3) is 0 Å². The Hall–Kier alpha value is -0.900. The molecule has 1 aromatic rings. The Kier molecular flexibility index (Phi) is 10.0. The molecule has 0 aromatic carbocycles. The van der Waals surface area contributed by atoms with Crippen LogP contribution in [0.1, 0.15) is 56.1 Å². The number of aromatic nitrogens is 1. The van der Waals surface area contributed by atoms with E-state index in [2.05, 4.69) is 27.4 Å². The first-order chi connectivity index (χ1) is 12.3. The van der Waals surface area contributed by atoms with Crippen molar-refractivity contribution in [2.75, 3.05) is 26.7 Å². The van der Waals surface area contributed by atoms with Gasteiger partial charge in [-0.05, 0) is 32.6 Å². The number of fused-ring (bicyclic) bond motifs is 1. The third-order valence-corrected chi connectivity index (χ3v) is 5.44. The molecule has 0 saturated heterocycles. The molecule has 1 aromatic heterocycles. The molecule has 8 heteroatoms. The number of nitrogens with one attached hydrogen (secondary N) is 2. The molecule has 2 rings (SSSR count). The molecular weight excluding hydrogens is 473 g/mol. The first-order valence-electron chi connectivity index (χ1n) is 9.56. The second-order valence-electron chi connectivity index (χ2n) is 7.78. The molecule has 0 bridgehead atoms. The van der Waals surface area contributed by atoms with Crippen molar-refractivity contribution in [3.8, 4) is 0 Å². The number of rotatable bonds is 6. The summed E-state index contributed by atoms with van der Waals surface area (Å²) >= 11 is 1.84. The van der Waals surface area contributed by atoms with Crippen LogP contribution in [0.5, 0.6) is 0 Å². The maximum Gasteiger partial charge on any atom is 0.225 e. The van der Waals surface area contributed by atoms with Crippen LogP contribution in [0.3, 0.4) is 0 Å². The molecule has 0 atom stereocenters. The fourth-order valence-electron chi connectivity index (χ4n) is 2.82. The first-order valence-corrected chi connectivity index (χ1v) is 10.4.